The van der Waals surface area contributed by atoms with E-state index in [1.54, 1.807) is 18.2 Å². The second kappa shape index (κ2) is 6.58. The van der Waals surface area contributed by atoms with E-state index in [9.17, 15) is 18.0 Å². The minimum absolute atomic E-state index is 0.0699. The Labute approximate surface area is 134 Å². The first kappa shape index (κ1) is 16.6. The molecule has 0 saturated heterocycles. The molecule has 2 aromatic carbocycles. The molecule has 0 aromatic heterocycles. The Morgan fingerprint density at radius 3 is 2.05 bits per heavy atom. The molecular formula is C15H10Cl2F3NO. The van der Waals surface area contributed by atoms with Crippen LogP contribution in [0.25, 0.3) is 0 Å². The van der Waals surface area contributed by atoms with Crippen LogP contribution >= 0.6 is 23.2 Å². The topological polar surface area (TPSA) is 29.1 Å². The van der Waals surface area contributed by atoms with Gasteiger partial charge >= 0.3 is 6.18 Å². The number of amides is 1. The molecule has 0 saturated carbocycles. The third kappa shape index (κ3) is 4.15. The lowest BCUT2D eigenvalue weighted by Crippen LogP contribution is -2.15. The van der Waals surface area contributed by atoms with Crippen LogP contribution in [0.3, 0.4) is 0 Å². The molecule has 2 rings (SSSR count). The summed E-state index contributed by atoms with van der Waals surface area (Å²) in [4.78, 5) is 11.9. The number of halogens is 5. The zero-order valence-corrected chi connectivity index (χ0v) is 12.6. The molecule has 0 atom stereocenters. The first-order chi connectivity index (χ1) is 10.3. The Kier molecular flexibility index (Phi) is 4.98. The van der Waals surface area contributed by atoms with Gasteiger partial charge < -0.3 is 5.32 Å². The van der Waals surface area contributed by atoms with E-state index in [-0.39, 0.29) is 12.1 Å². The summed E-state index contributed by atoms with van der Waals surface area (Å²) in [6.45, 7) is 0. The zero-order chi connectivity index (χ0) is 16.3. The Hall–Kier alpha value is -1.72. The van der Waals surface area contributed by atoms with Gasteiger partial charge in [-0.2, -0.15) is 13.2 Å². The van der Waals surface area contributed by atoms with Crippen LogP contribution in [-0.4, -0.2) is 5.91 Å². The van der Waals surface area contributed by atoms with Gasteiger partial charge in [0.2, 0.25) is 5.91 Å². The van der Waals surface area contributed by atoms with Crippen LogP contribution < -0.4 is 5.32 Å². The molecule has 1 amide bonds. The molecule has 0 heterocycles. The quantitative estimate of drug-likeness (QED) is 0.812. The lowest BCUT2D eigenvalue weighted by Gasteiger charge is -2.10. The molecule has 0 aliphatic carbocycles. The summed E-state index contributed by atoms with van der Waals surface area (Å²) in [5.41, 5.74) is -0.0453. The van der Waals surface area contributed by atoms with E-state index in [1.165, 1.54) is 12.1 Å². The van der Waals surface area contributed by atoms with Crippen molar-refractivity contribution in [2.75, 3.05) is 5.32 Å². The second-order valence-electron chi connectivity index (χ2n) is 4.50. The number of hydrogen-bond donors (Lipinski definition) is 1. The molecule has 0 bridgehead atoms. The Balaban J connectivity index is 2.06. The smallest absolute Gasteiger partial charge is 0.326 e. The van der Waals surface area contributed by atoms with Gasteiger partial charge in [0.1, 0.15) is 0 Å². The molecule has 0 unspecified atom stereocenters. The average Bonchev–Trinajstić information content (AvgIpc) is 2.43. The van der Waals surface area contributed by atoms with Crippen LogP contribution in [0.4, 0.5) is 18.9 Å². The Morgan fingerprint density at radius 2 is 1.55 bits per heavy atom. The first-order valence-electron chi connectivity index (χ1n) is 6.17. The van der Waals surface area contributed by atoms with E-state index >= 15 is 0 Å². The number of benzene rings is 2. The molecule has 116 valence electrons. The van der Waals surface area contributed by atoms with Gasteiger partial charge in [0.25, 0.3) is 0 Å². The highest BCUT2D eigenvalue weighted by atomic mass is 35.5. The van der Waals surface area contributed by atoms with E-state index < -0.39 is 17.6 Å². The van der Waals surface area contributed by atoms with Crippen molar-refractivity contribution < 1.29 is 18.0 Å². The number of rotatable bonds is 3. The molecule has 0 radical (unpaired) electrons. The number of anilines is 1. The van der Waals surface area contributed by atoms with Gasteiger partial charge in [-0.15, -0.1) is 0 Å². The maximum absolute atomic E-state index is 12.4. The summed E-state index contributed by atoms with van der Waals surface area (Å²) in [6, 6.07) is 9.05. The van der Waals surface area contributed by atoms with E-state index in [4.69, 9.17) is 23.2 Å². The predicted molar refractivity (Wildman–Crippen MR) is 80.2 cm³/mol. The van der Waals surface area contributed by atoms with Gasteiger partial charge in [-0.05, 0) is 42.0 Å². The number of carbonyl (C=O) groups excluding carboxylic acids is 1. The Morgan fingerprint density at radius 1 is 1.00 bits per heavy atom. The maximum Gasteiger partial charge on any atom is 0.416 e. The lowest BCUT2D eigenvalue weighted by atomic mass is 10.1. The molecule has 0 aliphatic heterocycles. The van der Waals surface area contributed by atoms with Gasteiger partial charge in [0.15, 0.2) is 0 Å². The minimum atomic E-state index is -4.41. The van der Waals surface area contributed by atoms with Gasteiger partial charge in [-0.1, -0.05) is 29.3 Å². The van der Waals surface area contributed by atoms with Crippen LogP contribution in [0.5, 0.6) is 0 Å². The largest absolute Gasteiger partial charge is 0.416 e. The van der Waals surface area contributed by atoms with E-state index in [0.29, 0.717) is 15.6 Å². The average molecular weight is 348 g/mol. The van der Waals surface area contributed by atoms with Crippen LogP contribution in [0.1, 0.15) is 11.1 Å². The molecule has 0 spiro atoms. The maximum atomic E-state index is 12.4. The number of hydrogen-bond acceptors (Lipinski definition) is 1. The van der Waals surface area contributed by atoms with Crippen LogP contribution in [0.15, 0.2) is 42.5 Å². The number of alkyl halides is 3. The molecular weight excluding hydrogens is 338 g/mol. The summed E-state index contributed by atoms with van der Waals surface area (Å²) in [6.07, 6.45) is -4.48. The van der Waals surface area contributed by atoms with Crippen molar-refractivity contribution in [3.63, 3.8) is 0 Å². The van der Waals surface area contributed by atoms with Gasteiger partial charge in [0.05, 0.1) is 12.0 Å². The lowest BCUT2D eigenvalue weighted by molar-refractivity contribution is -0.137. The fourth-order valence-corrected chi connectivity index (χ4v) is 2.34. The fraction of sp³-hybridized carbons (Fsp3) is 0.133. The third-order valence-electron chi connectivity index (χ3n) is 2.90. The van der Waals surface area contributed by atoms with Crippen molar-refractivity contribution in [2.45, 2.75) is 12.6 Å². The number of nitrogens with one attached hydrogen (secondary N) is 1. The fourth-order valence-electron chi connectivity index (χ4n) is 1.81. The van der Waals surface area contributed by atoms with Gasteiger partial charge in [-0.3, -0.25) is 4.79 Å². The summed E-state index contributed by atoms with van der Waals surface area (Å²) in [7, 11) is 0. The van der Waals surface area contributed by atoms with Crippen LogP contribution in [0, 0.1) is 0 Å². The van der Waals surface area contributed by atoms with Crippen molar-refractivity contribution in [3.8, 4) is 0 Å². The van der Waals surface area contributed by atoms with Crippen molar-refractivity contribution in [3.05, 3.63) is 63.6 Å². The van der Waals surface area contributed by atoms with Crippen molar-refractivity contribution in [2.24, 2.45) is 0 Å². The molecule has 2 aromatic rings. The highest BCUT2D eigenvalue weighted by Crippen LogP contribution is 2.30. The van der Waals surface area contributed by atoms with Crippen LogP contribution in [0.2, 0.25) is 10.0 Å². The molecule has 0 aliphatic rings. The van der Waals surface area contributed by atoms with Crippen LogP contribution in [-0.2, 0) is 17.4 Å². The molecule has 1 N–H and O–H groups in total. The highest BCUT2D eigenvalue weighted by Gasteiger charge is 2.29. The van der Waals surface area contributed by atoms with Crippen molar-refractivity contribution >= 4 is 34.8 Å². The Bertz CT molecular complexity index is 664. The molecule has 7 heteroatoms. The second-order valence-corrected chi connectivity index (χ2v) is 5.31. The third-order valence-corrected chi connectivity index (χ3v) is 3.60. The summed E-state index contributed by atoms with van der Waals surface area (Å²) < 4.78 is 37.3. The van der Waals surface area contributed by atoms with E-state index in [0.717, 1.165) is 12.1 Å². The summed E-state index contributed by atoms with van der Waals surface area (Å²) in [5.74, 6) is -0.422. The SMILES string of the molecule is O=C(Cc1c(Cl)cccc1Cl)Nc1ccc(C(F)(F)F)cc1. The van der Waals surface area contributed by atoms with Crippen molar-refractivity contribution in [1.82, 2.24) is 0 Å². The van der Waals surface area contributed by atoms with Crippen molar-refractivity contribution in [1.29, 1.82) is 0 Å². The molecule has 22 heavy (non-hydrogen) atoms. The summed E-state index contributed by atoms with van der Waals surface area (Å²) in [5, 5.41) is 3.21. The van der Waals surface area contributed by atoms with E-state index in [1.807, 2.05) is 0 Å². The first-order valence-corrected chi connectivity index (χ1v) is 6.93. The predicted octanol–water partition coefficient (Wildman–Crippen LogP) is 5.19. The van der Waals surface area contributed by atoms with E-state index in [2.05, 4.69) is 5.32 Å². The molecule has 2 nitrogen and oxygen atoms in total. The standard InChI is InChI=1S/C15H10Cl2F3NO/c16-12-2-1-3-13(17)11(12)8-14(22)21-10-6-4-9(5-7-10)15(18,19)20/h1-7H,8H2,(H,21,22). The molecule has 0 fully saturated rings. The van der Waals surface area contributed by atoms with Gasteiger partial charge in [-0.25, -0.2) is 0 Å². The normalized spacial score (nSPS) is 11.3. The monoisotopic (exact) mass is 347 g/mol. The zero-order valence-electron chi connectivity index (χ0n) is 11.0. The number of carbonyl (C=O) groups is 1. The summed E-state index contributed by atoms with van der Waals surface area (Å²) >= 11 is 11.9. The minimum Gasteiger partial charge on any atom is -0.326 e. The van der Waals surface area contributed by atoms with Gasteiger partial charge in [0, 0.05) is 15.7 Å². The highest BCUT2D eigenvalue weighted by molar-refractivity contribution is 6.36.